The fourth-order valence-corrected chi connectivity index (χ4v) is 3.51. The van der Waals surface area contributed by atoms with Crippen LogP contribution >= 0.6 is 46.7 Å². The number of aromatic nitrogens is 2. The number of hydrogen-bond acceptors (Lipinski definition) is 6. The Morgan fingerprint density at radius 1 is 1.32 bits per heavy atom. The molecule has 2 N–H and O–H groups in total. The Labute approximate surface area is 171 Å². The van der Waals surface area contributed by atoms with Crippen LogP contribution in [-0.4, -0.2) is 23.0 Å². The second kappa shape index (κ2) is 9.88. The molecule has 0 bridgehead atoms. The molecule has 25 heavy (non-hydrogen) atoms. The van der Waals surface area contributed by atoms with Crippen molar-refractivity contribution in [1.82, 2.24) is 20.6 Å². The van der Waals surface area contributed by atoms with Gasteiger partial charge in [-0.1, -0.05) is 13.0 Å². The van der Waals surface area contributed by atoms with Gasteiger partial charge < -0.3 is 15.1 Å². The number of aryl methyl sites for hydroxylation is 1. The maximum atomic E-state index is 5.51. The first-order chi connectivity index (χ1) is 11.8. The van der Waals surface area contributed by atoms with E-state index in [1.54, 1.807) is 36.0 Å². The number of nitrogens with one attached hydrogen (secondary N) is 2. The van der Waals surface area contributed by atoms with Gasteiger partial charge in [-0.3, -0.25) is 4.99 Å². The van der Waals surface area contributed by atoms with Crippen molar-refractivity contribution in [3.63, 3.8) is 0 Å². The smallest absolute Gasteiger partial charge is 0.236 e. The number of thiophene rings is 1. The summed E-state index contributed by atoms with van der Waals surface area (Å²) in [6.07, 6.45) is 4.62. The van der Waals surface area contributed by atoms with Crippen molar-refractivity contribution in [3.05, 3.63) is 45.6 Å². The highest BCUT2D eigenvalue weighted by Crippen LogP contribution is 2.23. The monoisotopic (exact) mass is 489 g/mol. The van der Waals surface area contributed by atoms with Crippen LogP contribution in [0.3, 0.4) is 0 Å². The fourth-order valence-electron chi connectivity index (χ4n) is 2.05. The summed E-state index contributed by atoms with van der Waals surface area (Å²) in [5.74, 6) is 1.36. The van der Waals surface area contributed by atoms with E-state index in [0.717, 1.165) is 22.0 Å². The summed E-state index contributed by atoms with van der Waals surface area (Å²) in [7, 11) is 1.74. The highest BCUT2D eigenvalue weighted by atomic mass is 127. The first-order valence-corrected chi connectivity index (χ1v) is 9.34. The number of nitrogens with zero attached hydrogens (tertiary/aromatic N) is 3. The summed E-state index contributed by atoms with van der Waals surface area (Å²) in [4.78, 5) is 15.4. The van der Waals surface area contributed by atoms with Gasteiger partial charge in [-0.05, 0) is 17.9 Å². The van der Waals surface area contributed by atoms with E-state index in [4.69, 9.17) is 4.42 Å². The third-order valence-electron chi connectivity index (χ3n) is 3.30. The first-order valence-electron chi connectivity index (χ1n) is 7.65. The lowest BCUT2D eigenvalue weighted by Crippen LogP contribution is -2.36. The molecule has 0 aliphatic heterocycles. The van der Waals surface area contributed by atoms with Crippen LogP contribution in [0.2, 0.25) is 0 Å². The van der Waals surface area contributed by atoms with Crippen LogP contribution in [0.1, 0.15) is 22.5 Å². The van der Waals surface area contributed by atoms with E-state index in [-0.39, 0.29) is 24.0 Å². The van der Waals surface area contributed by atoms with Crippen molar-refractivity contribution in [3.8, 4) is 10.8 Å². The minimum Gasteiger partial charge on any atom is -0.443 e. The van der Waals surface area contributed by atoms with Crippen LogP contribution < -0.4 is 10.6 Å². The van der Waals surface area contributed by atoms with Crippen LogP contribution in [0.5, 0.6) is 0 Å². The number of aliphatic imine (C=N–C) groups is 1. The van der Waals surface area contributed by atoms with Crippen molar-refractivity contribution in [2.45, 2.75) is 26.4 Å². The van der Waals surface area contributed by atoms with Gasteiger partial charge in [-0.25, -0.2) is 9.97 Å². The van der Waals surface area contributed by atoms with E-state index in [1.807, 2.05) is 23.7 Å². The standard InChI is InChI=1S/C16H19N5OS2.HI/c1-3-12-8-18-14(24-12)9-20-16(17-2)19-7-11-10-22-15(21-11)13-5-4-6-23-13;/h4-6,8,10H,3,7,9H2,1-2H3,(H2,17,19,20);1H. The molecule has 0 amide bonds. The zero-order valence-electron chi connectivity index (χ0n) is 14.0. The molecule has 3 heterocycles. The molecule has 3 aromatic heterocycles. The number of oxazole rings is 1. The van der Waals surface area contributed by atoms with Crippen LogP contribution in [0.4, 0.5) is 0 Å². The van der Waals surface area contributed by atoms with Gasteiger partial charge in [0.05, 0.1) is 23.7 Å². The highest BCUT2D eigenvalue weighted by molar-refractivity contribution is 14.0. The SMILES string of the molecule is CCc1cnc(CNC(=NC)NCc2coc(-c3cccs3)n2)s1.I. The van der Waals surface area contributed by atoms with Gasteiger partial charge in [0.1, 0.15) is 11.3 Å². The Hall–Kier alpha value is -1.46. The average molecular weight is 489 g/mol. The molecule has 0 unspecified atom stereocenters. The van der Waals surface area contributed by atoms with Crippen molar-refractivity contribution in [2.75, 3.05) is 7.05 Å². The van der Waals surface area contributed by atoms with Crippen LogP contribution in [0, 0.1) is 0 Å². The van der Waals surface area contributed by atoms with Gasteiger partial charge in [0, 0.05) is 18.1 Å². The molecule has 3 aromatic rings. The number of rotatable bonds is 6. The lowest BCUT2D eigenvalue weighted by Gasteiger charge is -2.09. The van der Waals surface area contributed by atoms with Gasteiger partial charge in [-0.15, -0.1) is 46.7 Å². The maximum absolute atomic E-state index is 5.51. The molecule has 0 saturated heterocycles. The Balaban J connectivity index is 0.00000225. The van der Waals surface area contributed by atoms with Gasteiger partial charge in [-0.2, -0.15) is 0 Å². The molecule has 9 heteroatoms. The average Bonchev–Trinajstić information content (AvgIpc) is 3.35. The topological polar surface area (TPSA) is 75.3 Å². The Morgan fingerprint density at radius 2 is 2.16 bits per heavy atom. The summed E-state index contributed by atoms with van der Waals surface area (Å²) >= 11 is 3.33. The van der Waals surface area contributed by atoms with Gasteiger partial charge in [0.15, 0.2) is 5.96 Å². The molecule has 6 nitrogen and oxygen atoms in total. The first kappa shape index (κ1) is 19.9. The molecule has 0 aromatic carbocycles. The molecule has 0 atom stereocenters. The third-order valence-corrected chi connectivity index (χ3v) is 5.30. The minimum absolute atomic E-state index is 0. The summed E-state index contributed by atoms with van der Waals surface area (Å²) in [5, 5.41) is 9.55. The second-order valence-corrected chi connectivity index (χ2v) is 7.12. The molecule has 0 aliphatic carbocycles. The molecule has 134 valence electrons. The number of thiazole rings is 1. The lowest BCUT2D eigenvalue weighted by atomic mass is 10.4. The second-order valence-electron chi connectivity index (χ2n) is 4.97. The molecule has 3 rings (SSSR count). The number of guanidine groups is 1. The molecular weight excluding hydrogens is 469 g/mol. The predicted octanol–water partition coefficient (Wildman–Crippen LogP) is 3.91. The number of hydrogen-bond donors (Lipinski definition) is 2. The molecule has 0 aliphatic rings. The van der Waals surface area contributed by atoms with Gasteiger partial charge in [0.2, 0.25) is 5.89 Å². The van der Waals surface area contributed by atoms with E-state index in [9.17, 15) is 0 Å². The predicted molar refractivity (Wildman–Crippen MR) is 114 cm³/mol. The maximum Gasteiger partial charge on any atom is 0.236 e. The lowest BCUT2D eigenvalue weighted by molar-refractivity contribution is 0.573. The molecule has 0 radical (unpaired) electrons. The Bertz CT molecular complexity index is 797. The normalized spacial score (nSPS) is 11.2. The van der Waals surface area contributed by atoms with E-state index in [1.165, 1.54) is 4.88 Å². The minimum atomic E-state index is 0. The quantitative estimate of drug-likeness (QED) is 0.312. The van der Waals surface area contributed by atoms with Crippen molar-refractivity contribution >= 4 is 52.6 Å². The van der Waals surface area contributed by atoms with Crippen molar-refractivity contribution in [2.24, 2.45) is 4.99 Å². The third kappa shape index (κ3) is 5.51. The molecule has 0 saturated carbocycles. The summed E-state index contributed by atoms with van der Waals surface area (Å²) < 4.78 is 5.51. The van der Waals surface area contributed by atoms with Crippen LogP contribution in [0.15, 0.2) is 39.4 Å². The van der Waals surface area contributed by atoms with E-state index < -0.39 is 0 Å². The highest BCUT2D eigenvalue weighted by Gasteiger charge is 2.08. The van der Waals surface area contributed by atoms with E-state index >= 15 is 0 Å². The molecule has 0 fully saturated rings. The molecular formula is C16H20IN5OS2. The van der Waals surface area contributed by atoms with Crippen molar-refractivity contribution in [1.29, 1.82) is 0 Å². The van der Waals surface area contributed by atoms with Gasteiger partial charge >= 0.3 is 0 Å². The fraction of sp³-hybridized carbons (Fsp3) is 0.312. The van der Waals surface area contributed by atoms with Crippen molar-refractivity contribution < 1.29 is 4.42 Å². The zero-order chi connectivity index (χ0) is 16.8. The number of halogens is 1. The van der Waals surface area contributed by atoms with E-state index in [2.05, 4.69) is 32.5 Å². The largest absolute Gasteiger partial charge is 0.443 e. The summed E-state index contributed by atoms with van der Waals surface area (Å²) in [5.41, 5.74) is 0.837. The molecule has 0 spiro atoms. The van der Waals surface area contributed by atoms with E-state index in [0.29, 0.717) is 24.9 Å². The van der Waals surface area contributed by atoms with Gasteiger partial charge in [0.25, 0.3) is 0 Å². The van der Waals surface area contributed by atoms with Crippen LogP contribution in [0.25, 0.3) is 10.8 Å². The Morgan fingerprint density at radius 3 is 2.84 bits per heavy atom. The summed E-state index contributed by atoms with van der Waals surface area (Å²) in [6.45, 7) is 3.34. The summed E-state index contributed by atoms with van der Waals surface area (Å²) in [6, 6.07) is 3.98. The Kier molecular flexibility index (Phi) is 7.85. The zero-order valence-corrected chi connectivity index (χ0v) is 17.9. The van der Waals surface area contributed by atoms with Crippen LogP contribution in [-0.2, 0) is 19.5 Å².